The molecule has 0 atom stereocenters. The zero-order chi connectivity index (χ0) is 20.2. The van der Waals surface area contributed by atoms with Crippen molar-refractivity contribution in [2.24, 2.45) is 0 Å². The van der Waals surface area contributed by atoms with Crippen molar-refractivity contribution in [2.75, 3.05) is 14.2 Å². The summed E-state index contributed by atoms with van der Waals surface area (Å²) in [7, 11) is 3.19. The van der Waals surface area contributed by atoms with E-state index in [9.17, 15) is 4.79 Å². The molecule has 1 N–H and O–H groups in total. The van der Waals surface area contributed by atoms with Crippen LogP contribution in [-0.2, 0) is 17.9 Å². The van der Waals surface area contributed by atoms with Gasteiger partial charge in [0, 0.05) is 35.3 Å². The highest BCUT2D eigenvalue weighted by Crippen LogP contribution is 2.29. The van der Waals surface area contributed by atoms with Crippen LogP contribution in [0.4, 0.5) is 0 Å². The van der Waals surface area contributed by atoms with Gasteiger partial charge in [0.25, 0.3) is 0 Å². The third kappa shape index (κ3) is 3.77. The second kappa shape index (κ2) is 8.05. The fourth-order valence-corrected chi connectivity index (χ4v) is 3.24. The highest BCUT2D eigenvalue weighted by atomic mass is 16.5. The van der Waals surface area contributed by atoms with E-state index >= 15 is 0 Å². The third-order valence-corrected chi connectivity index (χ3v) is 4.66. The first-order valence-electron chi connectivity index (χ1n) is 9.01. The second-order valence-corrected chi connectivity index (χ2v) is 6.39. The van der Waals surface area contributed by atoms with Gasteiger partial charge in [0.2, 0.25) is 18.2 Å². The van der Waals surface area contributed by atoms with Gasteiger partial charge < -0.3 is 23.8 Å². The van der Waals surface area contributed by atoms with Crippen molar-refractivity contribution < 1.29 is 18.7 Å². The predicted octanol–water partition coefficient (Wildman–Crippen LogP) is 3.02. The van der Waals surface area contributed by atoms with Crippen molar-refractivity contribution >= 4 is 16.8 Å². The number of hydrogen-bond acceptors (Lipinski definition) is 6. The minimum atomic E-state index is -0.124. The zero-order valence-corrected chi connectivity index (χ0v) is 16.1. The van der Waals surface area contributed by atoms with E-state index in [1.165, 1.54) is 6.39 Å². The molecule has 148 valence electrons. The van der Waals surface area contributed by atoms with Crippen molar-refractivity contribution in [1.29, 1.82) is 0 Å². The Kier molecular flexibility index (Phi) is 5.15. The van der Waals surface area contributed by atoms with E-state index in [4.69, 9.17) is 13.9 Å². The fourth-order valence-electron chi connectivity index (χ4n) is 3.24. The molecule has 1 amide bonds. The number of benzene rings is 2. The van der Waals surface area contributed by atoms with E-state index in [-0.39, 0.29) is 12.5 Å². The van der Waals surface area contributed by atoms with Gasteiger partial charge in [0.05, 0.1) is 19.8 Å². The first kappa shape index (κ1) is 18.5. The minimum absolute atomic E-state index is 0.124. The summed E-state index contributed by atoms with van der Waals surface area (Å²) in [6.07, 6.45) is 3.14. The van der Waals surface area contributed by atoms with Crippen LogP contribution < -0.4 is 14.8 Å². The Bertz CT molecular complexity index is 1140. The molecule has 4 aromatic rings. The van der Waals surface area contributed by atoms with Crippen LogP contribution in [0.2, 0.25) is 0 Å². The van der Waals surface area contributed by atoms with E-state index in [2.05, 4.69) is 15.5 Å². The lowest BCUT2D eigenvalue weighted by atomic mass is 10.2. The van der Waals surface area contributed by atoms with E-state index < -0.39 is 0 Å². The summed E-state index contributed by atoms with van der Waals surface area (Å²) in [4.78, 5) is 12.6. The van der Waals surface area contributed by atoms with Crippen LogP contribution in [0.3, 0.4) is 0 Å². The molecule has 29 heavy (non-hydrogen) atoms. The molecule has 0 bridgehead atoms. The molecule has 0 saturated carbocycles. The topological polar surface area (TPSA) is 91.4 Å². The first-order chi connectivity index (χ1) is 14.2. The summed E-state index contributed by atoms with van der Waals surface area (Å²) in [6.45, 7) is 0.509. The molecular formula is C21H20N4O4. The largest absolute Gasteiger partial charge is 0.497 e. The van der Waals surface area contributed by atoms with Gasteiger partial charge in [0.1, 0.15) is 18.0 Å². The van der Waals surface area contributed by atoms with Crippen molar-refractivity contribution in [3.8, 4) is 23.0 Å². The lowest BCUT2D eigenvalue weighted by Gasteiger charge is -2.12. The van der Waals surface area contributed by atoms with Crippen LogP contribution in [0, 0.1) is 0 Å². The molecule has 8 heteroatoms. The monoisotopic (exact) mass is 392 g/mol. The molecule has 2 aromatic heterocycles. The molecule has 0 spiro atoms. The number of nitrogens with zero attached hydrogens (tertiary/aromatic N) is 3. The summed E-state index contributed by atoms with van der Waals surface area (Å²) in [5.74, 6) is 1.66. The maximum absolute atomic E-state index is 12.6. The number of nitrogens with one attached hydrogen (secondary N) is 1. The number of carbonyl (C=O) groups is 1. The third-order valence-electron chi connectivity index (χ3n) is 4.66. The lowest BCUT2D eigenvalue weighted by Crippen LogP contribution is -2.27. The molecule has 0 aliphatic heterocycles. The average molecular weight is 392 g/mol. The Morgan fingerprint density at radius 2 is 2.03 bits per heavy atom. The Balaban J connectivity index is 1.52. The molecular weight excluding hydrogens is 372 g/mol. The molecule has 0 fully saturated rings. The van der Waals surface area contributed by atoms with Gasteiger partial charge in [0.15, 0.2) is 0 Å². The van der Waals surface area contributed by atoms with Crippen LogP contribution in [0.15, 0.2) is 59.5 Å². The lowest BCUT2D eigenvalue weighted by molar-refractivity contribution is -0.121. The van der Waals surface area contributed by atoms with Crippen molar-refractivity contribution in [2.45, 2.75) is 13.1 Å². The number of fused-ring (bicyclic) bond motifs is 1. The SMILES string of the molecule is COc1ccc(CNC(=O)Cn2cc(-c3nnco3)c3ccccc32)c(OC)c1. The average Bonchev–Trinajstić information content (AvgIpc) is 3.40. The summed E-state index contributed by atoms with van der Waals surface area (Å²) in [5, 5.41) is 11.6. The van der Waals surface area contributed by atoms with Crippen molar-refractivity contribution in [3.63, 3.8) is 0 Å². The normalized spacial score (nSPS) is 10.8. The van der Waals surface area contributed by atoms with Crippen LogP contribution in [-0.4, -0.2) is 34.9 Å². The molecule has 0 saturated heterocycles. The van der Waals surface area contributed by atoms with Gasteiger partial charge in [-0.3, -0.25) is 4.79 Å². The number of rotatable bonds is 7. The number of para-hydroxylation sites is 1. The van der Waals surface area contributed by atoms with E-state index in [1.54, 1.807) is 20.3 Å². The van der Waals surface area contributed by atoms with E-state index in [1.807, 2.05) is 47.2 Å². The summed E-state index contributed by atoms with van der Waals surface area (Å²) >= 11 is 0. The zero-order valence-electron chi connectivity index (χ0n) is 16.1. The number of methoxy groups -OCH3 is 2. The molecule has 0 aliphatic rings. The summed E-state index contributed by atoms with van der Waals surface area (Å²) < 4.78 is 17.8. The maximum Gasteiger partial charge on any atom is 0.249 e. The minimum Gasteiger partial charge on any atom is -0.497 e. The van der Waals surface area contributed by atoms with Gasteiger partial charge in [-0.2, -0.15) is 0 Å². The number of carbonyl (C=O) groups excluding carboxylic acids is 1. The fraction of sp³-hybridized carbons (Fsp3) is 0.190. The van der Waals surface area contributed by atoms with Gasteiger partial charge in [-0.1, -0.05) is 18.2 Å². The van der Waals surface area contributed by atoms with Gasteiger partial charge in [-0.05, 0) is 18.2 Å². The van der Waals surface area contributed by atoms with Crippen LogP contribution in [0.25, 0.3) is 22.4 Å². The number of ether oxygens (including phenoxy) is 2. The maximum atomic E-state index is 12.6. The number of amides is 1. The van der Waals surface area contributed by atoms with Crippen molar-refractivity contribution in [3.05, 3.63) is 60.6 Å². The van der Waals surface area contributed by atoms with Crippen LogP contribution >= 0.6 is 0 Å². The number of hydrogen-bond donors (Lipinski definition) is 1. The van der Waals surface area contributed by atoms with Crippen LogP contribution in [0.1, 0.15) is 5.56 Å². The molecule has 0 aliphatic carbocycles. The standard InChI is InChI=1S/C21H20N4O4/c1-27-15-8-7-14(19(9-15)28-2)10-22-20(26)12-25-11-17(21-24-23-13-29-21)16-5-3-4-6-18(16)25/h3-9,11,13H,10,12H2,1-2H3,(H,22,26). The Labute approximate surface area is 167 Å². The highest BCUT2D eigenvalue weighted by Gasteiger charge is 2.15. The molecule has 2 heterocycles. The van der Waals surface area contributed by atoms with E-state index in [0.717, 1.165) is 22.0 Å². The predicted molar refractivity (Wildman–Crippen MR) is 107 cm³/mol. The van der Waals surface area contributed by atoms with Gasteiger partial charge in [-0.15, -0.1) is 10.2 Å². The van der Waals surface area contributed by atoms with Crippen molar-refractivity contribution in [1.82, 2.24) is 20.1 Å². The molecule has 4 rings (SSSR count). The summed E-state index contributed by atoms with van der Waals surface area (Å²) in [5.41, 5.74) is 2.58. The second-order valence-electron chi connectivity index (χ2n) is 6.39. The first-order valence-corrected chi connectivity index (χ1v) is 9.01. The molecule has 0 unspecified atom stereocenters. The van der Waals surface area contributed by atoms with Gasteiger partial charge in [-0.25, -0.2) is 0 Å². The molecule has 8 nitrogen and oxygen atoms in total. The molecule has 0 radical (unpaired) electrons. The Morgan fingerprint density at radius 1 is 1.17 bits per heavy atom. The van der Waals surface area contributed by atoms with Crippen LogP contribution in [0.5, 0.6) is 11.5 Å². The quantitative estimate of drug-likeness (QED) is 0.520. The Morgan fingerprint density at radius 3 is 2.79 bits per heavy atom. The smallest absolute Gasteiger partial charge is 0.249 e. The van der Waals surface area contributed by atoms with Gasteiger partial charge >= 0.3 is 0 Å². The summed E-state index contributed by atoms with van der Waals surface area (Å²) in [6, 6.07) is 13.3. The van der Waals surface area contributed by atoms with E-state index in [0.29, 0.717) is 23.9 Å². The Hall–Kier alpha value is -3.81. The number of aromatic nitrogens is 3. The highest BCUT2D eigenvalue weighted by molar-refractivity contribution is 5.94. The molecule has 2 aromatic carbocycles.